The maximum Gasteiger partial charge on any atom is 0.383 e. The molecule has 1 aliphatic heterocycles. The van der Waals surface area contributed by atoms with Crippen LogP contribution in [0.4, 0.5) is 5.69 Å². The van der Waals surface area contributed by atoms with Gasteiger partial charge in [-0.3, -0.25) is 14.9 Å². The van der Waals surface area contributed by atoms with Crippen LogP contribution in [-0.2, 0) is 25.2 Å². The summed E-state index contributed by atoms with van der Waals surface area (Å²) in [6.45, 7) is -0.945. The van der Waals surface area contributed by atoms with Crippen LogP contribution in [0.25, 0.3) is 6.08 Å². The molecule has 9 nitrogen and oxygen atoms in total. The predicted molar refractivity (Wildman–Crippen MR) is 146 cm³/mol. The van der Waals surface area contributed by atoms with Gasteiger partial charge in [0.2, 0.25) is 0 Å². The van der Waals surface area contributed by atoms with Crippen molar-refractivity contribution in [1.29, 1.82) is 0 Å². The number of sulfone groups is 1. The van der Waals surface area contributed by atoms with Gasteiger partial charge in [-0.05, 0) is 59.7 Å². The average molecular weight is 668 g/mol. The average Bonchev–Trinajstić information content (AvgIpc) is 2.82. The van der Waals surface area contributed by atoms with Crippen LogP contribution in [0.3, 0.4) is 0 Å². The van der Waals surface area contributed by atoms with Gasteiger partial charge in [0.05, 0.1) is 21.2 Å². The van der Waals surface area contributed by atoms with E-state index in [0.717, 1.165) is 11.8 Å². The number of thioether (sulfide) groups is 1. The van der Waals surface area contributed by atoms with Crippen LogP contribution < -0.4 is 10.1 Å². The molecule has 1 amide bonds. The molecule has 0 fully saturated rings. The van der Waals surface area contributed by atoms with E-state index in [-0.39, 0.29) is 22.3 Å². The van der Waals surface area contributed by atoms with Crippen LogP contribution >= 0.6 is 43.6 Å². The molecule has 0 atom stereocenters. The lowest BCUT2D eigenvalue weighted by atomic mass is 10.2. The number of rotatable bonds is 7. The number of esters is 1. The molecule has 3 aromatic rings. The minimum Gasteiger partial charge on any atom is -0.422 e. The number of hydrogen-bond donors (Lipinski definition) is 1. The standard InChI is InChI=1S/C24H16Br2N2O7S2/c25-18-2-1-3-19(26)17(18)13-37(33,34)16-8-9-20-21(11-16)36-22(24(30)27-20)10-14-4-6-15(7-5-14)35-23(29)12-28(31)32/h1-11H,12-13H2,(H,27,30)/b22-10-. The normalized spacial score (nSPS) is 14.1. The second kappa shape index (κ2) is 11.2. The Balaban J connectivity index is 1.54. The first-order chi connectivity index (χ1) is 17.5. The molecule has 1 aliphatic rings. The van der Waals surface area contributed by atoms with Gasteiger partial charge in [-0.15, -0.1) is 0 Å². The lowest BCUT2D eigenvalue weighted by Crippen LogP contribution is -2.19. The van der Waals surface area contributed by atoms with Crippen LogP contribution in [0.5, 0.6) is 5.75 Å². The van der Waals surface area contributed by atoms with E-state index in [1.54, 1.807) is 42.5 Å². The first-order valence-corrected chi connectivity index (χ1v) is 14.5. The van der Waals surface area contributed by atoms with Crippen molar-refractivity contribution >= 4 is 77.1 Å². The van der Waals surface area contributed by atoms with Gasteiger partial charge in [-0.25, -0.2) is 13.2 Å². The first-order valence-electron chi connectivity index (χ1n) is 10.4. The third-order valence-electron chi connectivity index (χ3n) is 5.07. The molecule has 190 valence electrons. The Morgan fingerprint density at radius 3 is 2.41 bits per heavy atom. The van der Waals surface area contributed by atoms with Gasteiger partial charge in [0.15, 0.2) is 9.84 Å². The Bertz CT molecular complexity index is 1540. The molecule has 0 spiro atoms. The number of nitrogens with zero attached hydrogens (tertiary/aromatic N) is 1. The quantitative estimate of drug-likeness (QED) is 0.116. The zero-order chi connectivity index (χ0) is 26.7. The minimum absolute atomic E-state index is 0.123. The lowest BCUT2D eigenvalue weighted by molar-refractivity contribution is -0.469. The molecule has 0 aromatic heterocycles. The van der Waals surface area contributed by atoms with Crippen molar-refractivity contribution in [3.63, 3.8) is 0 Å². The van der Waals surface area contributed by atoms with Gasteiger partial charge < -0.3 is 10.1 Å². The second-order valence-electron chi connectivity index (χ2n) is 7.72. The van der Waals surface area contributed by atoms with Gasteiger partial charge in [-0.2, -0.15) is 0 Å². The van der Waals surface area contributed by atoms with Crippen LogP contribution in [-0.4, -0.2) is 31.8 Å². The molecule has 0 bridgehead atoms. The zero-order valence-corrected chi connectivity index (χ0v) is 23.4. The zero-order valence-electron chi connectivity index (χ0n) is 18.6. The minimum atomic E-state index is -3.69. The third kappa shape index (κ3) is 6.66. The van der Waals surface area contributed by atoms with E-state index < -0.39 is 27.3 Å². The Hall–Kier alpha value is -3.00. The van der Waals surface area contributed by atoms with Crippen molar-refractivity contribution in [1.82, 2.24) is 0 Å². The maximum absolute atomic E-state index is 13.2. The largest absolute Gasteiger partial charge is 0.422 e. The van der Waals surface area contributed by atoms with E-state index in [1.807, 2.05) is 0 Å². The van der Waals surface area contributed by atoms with Crippen LogP contribution in [0.1, 0.15) is 11.1 Å². The fourth-order valence-corrected chi connectivity index (χ4v) is 7.47. The van der Waals surface area contributed by atoms with Gasteiger partial charge in [0.25, 0.3) is 12.5 Å². The highest BCUT2D eigenvalue weighted by atomic mass is 79.9. The van der Waals surface area contributed by atoms with Crippen molar-refractivity contribution in [3.05, 3.63) is 95.8 Å². The Kier molecular flexibility index (Phi) is 8.17. The number of carbonyl (C=O) groups is 2. The second-order valence-corrected chi connectivity index (χ2v) is 12.5. The highest BCUT2D eigenvalue weighted by Gasteiger charge is 2.25. The van der Waals surface area contributed by atoms with Gasteiger partial charge >= 0.3 is 5.97 Å². The number of hydrogen-bond acceptors (Lipinski definition) is 8. The van der Waals surface area contributed by atoms with Crippen LogP contribution in [0.2, 0.25) is 0 Å². The van der Waals surface area contributed by atoms with E-state index >= 15 is 0 Å². The number of halogens is 2. The summed E-state index contributed by atoms with van der Waals surface area (Å²) in [6, 6.07) is 16.0. The van der Waals surface area contributed by atoms with E-state index in [4.69, 9.17) is 4.74 Å². The number of nitrogens with one attached hydrogen (secondary N) is 1. The van der Waals surface area contributed by atoms with Crippen LogP contribution in [0.15, 0.2) is 84.3 Å². The summed E-state index contributed by atoms with van der Waals surface area (Å²) >= 11 is 7.93. The monoisotopic (exact) mass is 666 g/mol. The molecule has 3 aromatic carbocycles. The molecule has 13 heteroatoms. The number of benzene rings is 3. The molecule has 0 unspecified atom stereocenters. The van der Waals surface area contributed by atoms with Crippen LogP contribution in [0, 0.1) is 10.1 Å². The van der Waals surface area contributed by atoms with E-state index in [2.05, 4.69) is 37.2 Å². The number of anilines is 1. The van der Waals surface area contributed by atoms with Crippen molar-refractivity contribution in [2.45, 2.75) is 15.5 Å². The Morgan fingerprint density at radius 2 is 1.76 bits per heavy atom. The molecule has 1 heterocycles. The summed E-state index contributed by atoms with van der Waals surface area (Å²) in [6.07, 6.45) is 1.60. The summed E-state index contributed by atoms with van der Waals surface area (Å²) in [5.41, 5.74) is 1.72. The number of carbonyl (C=O) groups excluding carboxylic acids is 2. The molecule has 0 radical (unpaired) electrons. The number of nitro groups is 1. The molecular formula is C24H16Br2N2O7S2. The Morgan fingerprint density at radius 1 is 1.08 bits per heavy atom. The SMILES string of the molecule is O=C(C[N+](=O)[O-])Oc1ccc(/C=C2\Sc3cc(S(=O)(=O)Cc4c(Br)cccc4Br)ccc3NC2=O)cc1. The highest BCUT2D eigenvalue weighted by molar-refractivity contribution is 9.11. The van der Waals surface area contributed by atoms with Crippen molar-refractivity contribution < 1.29 is 27.7 Å². The molecule has 0 saturated heterocycles. The van der Waals surface area contributed by atoms with E-state index in [9.17, 15) is 28.1 Å². The van der Waals surface area contributed by atoms with Gasteiger partial charge in [0.1, 0.15) is 5.75 Å². The summed E-state index contributed by atoms with van der Waals surface area (Å²) < 4.78 is 32.6. The highest BCUT2D eigenvalue weighted by Crippen LogP contribution is 2.41. The van der Waals surface area contributed by atoms with E-state index in [0.29, 0.717) is 35.6 Å². The molecule has 0 aliphatic carbocycles. The maximum atomic E-state index is 13.2. The van der Waals surface area contributed by atoms with Crippen molar-refractivity contribution in [2.75, 3.05) is 11.9 Å². The third-order valence-corrected chi connectivity index (χ3v) is 9.28. The predicted octanol–water partition coefficient (Wildman–Crippen LogP) is 5.45. The van der Waals surface area contributed by atoms with E-state index in [1.165, 1.54) is 24.3 Å². The Labute approximate surface area is 232 Å². The van der Waals surface area contributed by atoms with Crippen molar-refractivity contribution in [2.24, 2.45) is 0 Å². The molecule has 37 heavy (non-hydrogen) atoms. The molecular weight excluding hydrogens is 652 g/mol. The lowest BCUT2D eigenvalue weighted by Gasteiger charge is -2.19. The number of amides is 1. The molecule has 4 rings (SSSR count). The summed E-state index contributed by atoms with van der Waals surface area (Å²) in [5, 5.41) is 13.2. The molecule has 0 saturated carbocycles. The number of ether oxygens (including phenoxy) is 1. The summed E-state index contributed by atoms with van der Waals surface area (Å²) in [5.74, 6) is -1.43. The van der Waals surface area contributed by atoms with Gasteiger partial charge in [-0.1, -0.05) is 61.8 Å². The van der Waals surface area contributed by atoms with Crippen molar-refractivity contribution in [3.8, 4) is 5.75 Å². The number of fused-ring (bicyclic) bond motifs is 1. The smallest absolute Gasteiger partial charge is 0.383 e. The summed E-state index contributed by atoms with van der Waals surface area (Å²) in [4.78, 5) is 34.7. The van der Waals surface area contributed by atoms with Gasteiger partial charge in [0, 0.05) is 18.8 Å². The summed E-state index contributed by atoms with van der Waals surface area (Å²) in [7, 11) is -3.69. The molecule has 1 N–H and O–H groups in total. The first kappa shape index (κ1) is 27.0. The topological polar surface area (TPSA) is 133 Å². The fraction of sp³-hybridized carbons (Fsp3) is 0.0833. The fourth-order valence-electron chi connectivity index (χ4n) is 3.32.